The number of benzene rings is 2. The lowest BCUT2D eigenvalue weighted by atomic mass is 10.0. The van der Waals surface area contributed by atoms with Crippen molar-refractivity contribution in [3.63, 3.8) is 0 Å². The van der Waals surface area contributed by atoms with Crippen LogP contribution in [-0.2, 0) is 19.0 Å². The first-order chi connectivity index (χ1) is 20.2. The predicted octanol–water partition coefficient (Wildman–Crippen LogP) is 6.19. The van der Waals surface area contributed by atoms with Gasteiger partial charge in [-0.2, -0.15) is 0 Å². The largest absolute Gasteiger partial charge is 0.464 e. The summed E-state index contributed by atoms with van der Waals surface area (Å²) in [4.78, 5) is 46.3. The second kappa shape index (κ2) is 14.1. The molecule has 2 amide bonds. The minimum absolute atomic E-state index is 0.193. The Morgan fingerprint density at radius 2 is 1.37 bits per heavy atom. The van der Waals surface area contributed by atoms with Crippen LogP contribution in [0.1, 0.15) is 66.0 Å². The van der Waals surface area contributed by atoms with E-state index >= 15 is 0 Å². The second-order valence-electron chi connectivity index (χ2n) is 12.0. The van der Waals surface area contributed by atoms with Gasteiger partial charge in [0.1, 0.15) is 11.2 Å². The summed E-state index contributed by atoms with van der Waals surface area (Å²) in [5.41, 5.74) is 1.39. The Morgan fingerprint density at radius 3 is 1.81 bits per heavy atom. The molecule has 0 spiro atoms. The first-order valence-electron chi connectivity index (χ1n) is 14.3. The fourth-order valence-corrected chi connectivity index (χ4v) is 4.26. The summed E-state index contributed by atoms with van der Waals surface area (Å²) in [6, 6.07) is 18.4. The molecule has 0 aliphatic carbocycles. The van der Waals surface area contributed by atoms with Crippen molar-refractivity contribution in [1.82, 2.24) is 9.80 Å². The van der Waals surface area contributed by atoms with Gasteiger partial charge in [-0.25, -0.2) is 14.4 Å². The van der Waals surface area contributed by atoms with Crippen molar-refractivity contribution >= 4 is 29.8 Å². The molecule has 230 valence electrons. The van der Waals surface area contributed by atoms with Crippen molar-refractivity contribution in [2.24, 2.45) is 4.99 Å². The summed E-state index contributed by atoms with van der Waals surface area (Å²) in [7, 11) is 0. The van der Waals surface area contributed by atoms with E-state index in [0.717, 1.165) is 16.7 Å². The molecule has 0 aromatic heterocycles. The molecule has 1 N–H and O–H groups in total. The quantitative estimate of drug-likeness (QED) is 0.134. The molecule has 10 heteroatoms. The third-order valence-electron chi connectivity index (χ3n) is 6.05. The number of aliphatic imine (C=N–C) groups is 1. The number of hydrogen-bond acceptors (Lipinski definition) is 8. The van der Waals surface area contributed by atoms with Crippen LogP contribution in [0, 0.1) is 5.41 Å². The zero-order valence-electron chi connectivity index (χ0n) is 26.0. The van der Waals surface area contributed by atoms with Crippen LogP contribution in [0.25, 0.3) is 0 Å². The molecule has 1 unspecified atom stereocenters. The number of rotatable bonds is 7. The van der Waals surface area contributed by atoms with E-state index in [1.165, 1.54) is 4.90 Å². The Hall–Kier alpha value is -4.47. The molecular weight excluding hydrogens is 548 g/mol. The van der Waals surface area contributed by atoms with E-state index in [0.29, 0.717) is 10.6 Å². The molecular formula is C33H42N4O6. The third-order valence-corrected chi connectivity index (χ3v) is 6.05. The zero-order valence-corrected chi connectivity index (χ0v) is 26.0. The molecule has 2 aromatic rings. The molecule has 43 heavy (non-hydrogen) atoms. The highest BCUT2D eigenvalue weighted by Crippen LogP contribution is 2.23. The molecule has 0 bridgehead atoms. The smallest absolute Gasteiger partial charge is 0.427 e. The number of imide groups is 1. The zero-order chi connectivity index (χ0) is 31.8. The minimum Gasteiger partial charge on any atom is -0.464 e. The van der Waals surface area contributed by atoms with Gasteiger partial charge in [0.15, 0.2) is 6.04 Å². The number of nitrogens with zero attached hydrogens (tertiary/aromatic N) is 3. The van der Waals surface area contributed by atoms with Gasteiger partial charge in [-0.1, -0.05) is 72.3 Å². The van der Waals surface area contributed by atoms with Crippen LogP contribution in [0.4, 0.5) is 9.59 Å². The monoisotopic (exact) mass is 590 g/mol. The summed E-state index contributed by atoms with van der Waals surface area (Å²) in [5, 5.41) is 8.78. The molecule has 1 heterocycles. The number of hydrogen-bond donors (Lipinski definition) is 1. The Morgan fingerprint density at radius 1 is 0.884 bits per heavy atom. The van der Waals surface area contributed by atoms with E-state index in [9.17, 15) is 14.4 Å². The topological polar surface area (TPSA) is 122 Å². The lowest BCUT2D eigenvalue weighted by molar-refractivity contribution is -0.144. The van der Waals surface area contributed by atoms with E-state index < -0.39 is 35.4 Å². The summed E-state index contributed by atoms with van der Waals surface area (Å²) in [6.45, 7) is 12.4. The van der Waals surface area contributed by atoms with Crippen LogP contribution in [0.5, 0.6) is 0 Å². The van der Waals surface area contributed by atoms with E-state index in [2.05, 4.69) is 0 Å². The Kier molecular flexibility index (Phi) is 10.9. The summed E-state index contributed by atoms with van der Waals surface area (Å²) < 4.78 is 16.2. The molecule has 0 fully saturated rings. The van der Waals surface area contributed by atoms with Crippen LogP contribution < -0.4 is 0 Å². The number of ether oxygens (including phenoxy) is 3. The number of amides is 2. The Balaban J connectivity index is 1.87. The molecule has 10 nitrogen and oxygen atoms in total. The van der Waals surface area contributed by atoms with Crippen molar-refractivity contribution < 1.29 is 28.6 Å². The van der Waals surface area contributed by atoms with Gasteiger partial charge >= 0.3 is 18.2 Å². The van der Waals surface area contributed by atoms with Crippen LogP contribution in [0.2, 0.25) is 0 Å². The molecule has 3 rings (SSSR count). The van der Waals surface area contributed by atoms with Crippen LogP contribution in [-0.4, -0.2) is 76.6 Å². The van der Waals surface area contributed by atoms with Gasteiger partial charge in [0, 0.05) is 30.6 Å². The lowest BCUT2D eigenvalue weighted by Gasteiger charge is -2.31. The molecule has 2 aromatic carbocycles. The molecule has 0 radical (unpaired) electrons. The van der Waals surface area contributed by atoms with E-state index in [-0.39, 0.29) is 32.1 Å². The van der Waals surface area contributed by atoms with Gasteiger partial charge in [-0.15, -0.1) is 4.90 Å². The normalized spacial score (nSPS) is 13.8. The highest BCUT2D eigenvalue weighted by Gasteiger charge is 2.38. The minimum atomic E-state index is -1.01. The van der Waals surface area contributed by atoms with Gasteiger partial charge in [-0.3, -0.25) is 10.4 Å². The summed E-state index contributed by atoms with van der Waals surface area (Å²) >= 11 is 0. The standard InChI is InChI=1S/C33H42N4O6/c1-8-41-28(38)26(35-27(24-15-11-9-12-16-24)25-17-13-10-14-18-25)21-23-19-20-36(22-23)29(34)37(30(39)42-32(2,3)4)31(40)43-33(5,6)7/h9-19,26,34H,8,20-22H2,1-7H3. The number of carbonyl (C=O) groups is 3. The maximum Gasteiger partial charge on any atom is 0.427 e. The van der Waals surface area contributed by atoms with Crippen molar-refractivity contribution in [2.45, 2.75) is 72.1 Å². The number of nitrogens with one attached hydrogen (secondary N) is 1. The summed E-state index contributed by atoms with van der Waals surface area (Å²) in [5.74, 6) is -0.856. The average molecular weight is 591 g/mol. The Labute approximate surface area is 253 Å². The molecule has 1 aliphatic rings. The number of guanidine groups is 1. The number of carbonyl (C=O) groups excluding carboxylic acids is 3. The van der Waals surface area contributed by atoms with Crippen LogP contribution in [0.15, 0.2) is 77.3 Å². The highest BCUT2D eigenvalue weighted by molar-refractivity contribution is 6.13. The highest BCUT2D eigenvalue weighted by atomic mass is 16.6. The van der Waals surface area contributed by atoms with Gasteiger partial charge in [0.05, 0.1) is 12.3 Å². The predicted molar refractivity (Wildman–Crippen MR) is 165 cm³/mol. The summed E-state index contributed by atoms with van der Waals surface area (Å²) in [6.07, 6.45) is 0.0720. The first-order valence-corrected chi connectivity index (χ1v) is 14.3. The maximum absolute atomic E-state index is 13.2. The van der Waals surface area contributed by atoms with Gasteiger partial charge in [0.25, 0.3) is 0 Å². The van der Waals surface area contributed by atoms with Crippen molar-refractivity contribution in [2.75, 3.05) is 19.7 Å². The van der Waals surface area contributed by atoms with Gasteiger partial charge < -0.3 is 19.1 Å². The maximum atomic E-state index is 13.2. The van der Waals surface area contributed by atoms with Gasteiger partial charge in [-0.05, 0) is 48.5 Å². The first kappa shape index (κ1) is 33.0. The average Bonchev–Trinajstić information content (AvgIpc) is 3.39. The van der Waals surface area contributed by atoms with Crippen LogP contribution in [0.3, 0.4) is 0 Å². The molecule has 1 aliphatic heterocycles. The Bertz CT molecular complexity index is 1290. The third kappa shape index (κ3) is 9.80. The lowest BCUT2D eigenvalue weighted by Crippen LogP contribution is -2.52. The molecule has 0 saturated heterocycles. The fourth-order valence-electron chi connectivity index (χ4n) is 4.26. The number of esters is 1. The molecule has 0 saturated carbocycles. The second-order valence-corrected chi connectivity index (χ2v) is 12.0. The van der Waals surface area contributed by atoms with Crippen LogP contribution >= 0.6 is 0 Å². The van der Waals surface area contributed by atoms with E-state index in [4.69, 9.17) is 24.6 Å². The molecule has 1 atom stereocenters. The van der Waals surface area contributed by atoms with E-state index in [1.54, 1.807) is 48.5 Å². The van der Waals surface area contributed by atoms with Crippen molar-refractivity contribution in [3.8, 4) is 0 Å². The fraction of sp³-hybridized carbons (Fsp3) is 0.424. The van der Waals surface area contributed by atoms with Crippen molar-refractivity contribution in [1.29, 1.82) is 5.41 Å². The van der Waals surface area contributed by atoms with Gasteiger partial charge in [0.2, 0.25) is 5.96 Å². The van der Waals surface area contributed by atoms with Crippen molar-refractivity contribution in [3.05, 3.63) is 83.4 Å². The SMILES string of the molecule is CCOC(=O)C(CC1=CCN(C(=N)N(C(=O)OC(C)(C)C)C(=O)OC(C)(C)C)C1)N=C(c1ccccc1)c1ccccc1. The van der Waals surface area contributed by atoms with E-state index in [1.807, 2.05) is 66.7 Å².